The van der Waals surface area contributed by atoms with Crippen molar-refractivity contribution in [2.24, 2.45) is 5.92 Å². The highest BCUT2D eigenvalue weighted by Gasteiger charge is 2.42. The normalized spacial score (nSPS) is 21.9. The largest absolute Gasteiger partial charge is 0.395 e. The number of nitrogens with zero attached hydrogens (tertiary/aromatic N) is 1. The predicted octanol–water partition coefficient (Wildman–Crippen LogP) is 11.6. The van der Waals surface area contributed by atoms with Crippen LogP contribution in [0.4, 0.5) is 18.9 Å². The van der Waals surface area contributed by atoms with Crippen LogP contribution in [0.2, 0.25) is 0 Å². The Balaban J connectivity index is 1.81. The van der Waals surface area contributed by atoms with Gasteiger partial charge in [-0.2, -0.15) is 13.2 Å². The molecule has 0 amide bonds. The molecule has 5 rings (SSSR count). The van der Waals surface area contributed by atoms with E-state index in [0.717, 1.165) is 49.9 Å². The van der Waals surface area contributed by atoms with Crippen molar-refractivity contribution in [1.29, 1.82) is 0 Å². The number of hydrogen-bond acceptors (Lipinski definition) is 1. The molecule has 224 valence electrons. The molecule has 3 unspecified atom stereocenters. The van der Waals surface area contributed by atoms with E-state index in [0.29, 0.717) is 0 Å². The van der Waals surface area contributed by atoms with E-state index in [1.807, 2.05) is 6.08 Å². The molecular weight excluding hydrogens is 515 g/mol. The van der Waals surface area contributed by atoms with Crippen molar-refractivity contribution in [2.45, 2.75) is 129 Å². The minimum Gasteiger partial charge on any atom is -0.339 e. The monoisotopic (exact) mass is 565 g/mol. The number of fused-ring (bicyclic) bond motifs is 4. The molecule has 0 aromatic heterocycles. The van der Waals surface area contributed by atoms with Crippen molar-refractivity contribution in [3.63, 3.8) is 0 Å². The summed E-state index contributed by atoms with van der Waals surface area (Å²) in [5, 5.41) is 0. The lowest BCUT2D eigenvalue weighted by Crippen LogP contribution is -2.46. The summed E-state index contributed by atoms with van der Waals surface area (Å²) < 4.78 is 41.7. The molecule has 1 nitrogen and oxygen atoms in total. The van der Waals surface area contributed by atoms with Gasteiger partial charge in [0, 0.05) is 23.3 Å². The molecule has 0 saturated heterocycles. The van der Waals surface area contributed by atoms with Crippen LogP contribution in [0.15, 0.2) is 60.3 Å². The summed E-state index contributed by atoms with van der Waals surface area (Å²) in [6.45, 7) is 13.5. The van der Waals surface area contributed by atoms with Crippen LogP contribution in [0, 0.1) is 12.8 Å². The zero-order chi connectivity index (χ0) is 29.8. The highest BCUT2D eigenvalue weighted by atomic mass is 19.4. The number of alkyl halides is 3. The second kappa shape index (κ2) is 12.8. The van der Waals surface area contributed by atoms with E-state index in [2.05, 4.69) is 82.8 Å². The van der Waals surface area contributed by atoms with Crippen molar-refractivity contribution in [3.05, 3.63) is 77.0 Å². The van der Waals surface area contributed by atoms with Gasteiger partial charge in [-0.25, -0.2) is 0 Å². The molecule has 0 N–H and O–H groups in total. The van der Waals surface area contributed by atoms with Crippen LogP contribution in [0.1, 0.15) is 116 Å². The number of halogens is 3. The Hall–Kier alpha value is -2.49. The molecule has 41 heavy (non-hydrogen) atoms. The SMILES string of the molecule is CCCCCC1(C)CCc2cc(N(C3=CC=CC(C(F)(F)F)C3)C(C)(CC)CCCC)ccc2-c2ccc1cc2C. The third kappa shape index (κ3) is 6.78. The van der Waals surface area contributed by atoms with Gasteiger partial charge in [0.15, 0.2) is 0 Å². The van der Waals surface area contributed by atoms with Crippen LogP contribution in [0.25, 0.3) is 11.1 Å². The van der Waals surface area contributed by atoms with Crippen LogP contribution < -0.4 is 4.90 Å². The summed E-state index contributed by atoms with van der Waals surface area (Å²) in [4.78, 5) is 2.27. The van der Waals surface area contributed by atoms with Crippen molar-refractivity contribution in [1.82, 2.24) is 0 Å². The Labute approximate surface area is 246 Å². The Morgan fingerprint density at radius 3 is 2.34 bits per heavy atom. The summed E-state index contributed by atoms with van der Waals surface area (Å²) in [6, 6.07) is 13.7. The van der Waals surface area contributed by atoms with Crippen LogP contribution >= 0.6 is 0 Å². The van der Waals surface area contributed by atoms with Gasteiger partial charge in [0.1, 0.15) is 0 Å². The van der Waals surface area contributed by atoms with E-state index in [1.165, 1.54) is 59.6 Å². The zero-order valence-corrected chi connectivity index (χ0v) is 26.1. The lowest BCUT2D eigenvalue weighted by molar-refractivity contribution is -0.161. The van der Waals surface area contributed by atoms with E-state index < -0.39 is 12.1 Å². The van der Waals surface area contributed by atoms with E-state index in [-0.39, 0.29) is 17.4 Å². The number of hydrogen-bond donors (Lipinski definition) is 0. The number of anilines is 1. The quantitative estimate of drug-likeness (QED) is 0.245. The molecular formula is C37H50F3N. The van der Waals surface area contributed by atoms with Gasteiger partial charge in [-0.1, -0.05) is 96.2 Å². The molecule has 0 fully saturated rings. The molecule has 0 aliphatic heterocycles. The second-order valence-electron chi connectivity index (χ2n) is 13.1. The third-order valence-electron chi connectivity index (χ3n) is 9.98. The van der Waals surface area contributed by atoms with Gasteiger partial charge in [0.05, 0.1) is 5.92 Å². The fraction of sp³-hybridized carbons (Fsp3) is 0.568. The standard InChI is InChI=1S/C37H50F3N/c1-7-10-12-21-35(5)23-20-28-25-32(17-19-34(28)33-18-16-29(35)24-27(33)4)41(36(6,9-3)22-11-8-2)31-15-13-14-30(26-31)37(38,39)40/h13-19,24-25,30H,7-12,20-23,26H2,1-6H3. The molecule has 3 aliphatic rings. The maximum absolute atomic E-state index is 13.9. The first kappa shape index (κ1) is 31.4. The summed E-state index contributed by atoms with van der Waals surface area (Å²) in [7, 11) is 0. The average molecular weight is 566 g/mol. The topological polar surface area (TPSA) is 3.24 Å². The zero-order valence-electron chi connectivity index (χ0n) is 26.1. The summed E-state index contributed by atoms with van der Waals surface area (Å²) >= 11 is 0. The second-order valence-corrected chi connectivity index (χ2v) is 13.1. The van der Waals surface area contributed by atoms with Crippen LogP contribution in [0.3, 0.4) is 0 Å². The number of unbranched alkanes of at least 4 members (excludes halogenated alkanes) is 3. The van der Waals surface area contributed by atoms with E-state index in [9.17, 15) is 13.2 Å². The fourth-order valence-corrected chi connectivity index (χ4v) is 7.00. The van der Waals surface area contributed by atoms with E-state index in [4.69, 9.17) is 0 Å². The summed E-state index contributed by atoms with van der Waals surface area (Å²) in [5.41, 5.74) is 8.17. The Kier molecular flexibility index (Phi) is 9.81. The maximum atomic E-state index is 13.9. The van der Waals surface area contributed by atoms with Crippen molar-refractivity contribution in [2.75, 3.05) is 4.90 Å². The maximum Gasteiger partial charge on any atom is 0.395 e. The fourth-order valence-electron chi connectivity index (χ4n) is 7.00. The highest BCUT2D eigenvalue weighted by molar-refractivity contribution is 5.75. The third-order valence-corrected chi connectivity index (χ3v) is 9.98. The Bertz CT molecular complexity index is 1260. The van der Waals surface area contributed by atoms with Gasteiger partial charge in [0.2, 0.25) is 0 Å². The minimum absolute atomic E-state index is 0.0193. The summed E-state index contributed by atoms with van der Waals surface area (Å²) in [5.74, 6) is -1.45. The van der Waals surface area contributed by atoms with Crippen molar-refractivity contribution in [3.8, 4) is 11.1 Å². The number of allylic oxidation sites excluding steroid dienone is 4. The van der Waals surface area contributed by atoms with Crippen molar-refractivity contribution >= 4 is 5.69 Å². The molecule has 2 bridgehead atoms. The molecule has 0 spiro atoms. The number of benzene rings is 2. The Morgan fingerprint density at radius 1 is 0.951 bits per heavy atom. The molecule has 3 aliphatic carbocycles. The smallest absolute Gasteiger partial charge is 0.339 e. The van der Waals surface area contributed by atoms with Gasteiger partial charge in [-0.05, 0) is 97.4 Å². The van der Waals surface area contributed by atoms with Gasteiger partial charge in [-0.15, -0.1) is 0 Å². The number of rotatable bonds is 11. The Morgan fingerprint density at radius 2 is 1.68 bits per heavy atom. The molecule has 0 saturated carbocycles. The van der Waals surface area contributed by atoms with Gasteiger partial charge < -0.3 is 4.90 Å². The van der Waals surface area contributed by atoms with E-state index >= 15 is 0 Å². The first-order valence-electron chi connectivity index (χ1n) is 15.9. The lowest BCUT2D eigenvalue weighted by Gasteiger charge is -2.46. The molecule has 0 heterocycles. The molecule has 2 aromatic rings. The highest BCUT2D eigenvalue weighted by Crippen LogP contribution is 2.45. The predicted molar refractivity (Wildman–Crippen MR) is 169 cm³/mol. The average Bonchev–Trinajstić information content (AvgIpc) is 3.02. The minimum atomic E-state index is -4.25. The molecule has 2 aromatic carbocycles. The van der Waals surface area contributed by atoms with Gasteiger partial charge in [-0.3, -0.25) is 0 Å². The molecule has 3 atom stereocenters. The molecule has 4 heteroatoms. The van der Waals surface area contributed by atoms with Crippen LogP contribution in [-0.4, -0.2) is 11.7 Å². The number of aryl methyl sites for hydroxylation is 2. The van der Waals surface area contributed by atoms with Crippen LogP contribution in [-0.2, 0) is 11.8 Å². The lowest BCUT2D eigenvalue weighted by atomic mass is 9.74. The van der Waals surface area contributed by atoms with Gasteiger partial charge >= 0.3 is 6.18 Å². The first-order valence-corrected chi connectivity index (χ1v) is 15.9. The molecule has 0 radical (unpaired) electrons. The first-order chi connectivity index (χ1) is 19.5. The van der Waals surface area contributed by atoms with Crippen LogP contribution in [0.5, 0.6) is 0 Å². The van der Waals surface area contributed by atoms with Gasteiger partial charge in [0.25, 0.3) is 0 Å². The summed E-state index contributed by atoms with van der Waals surface area (Å²) in [6.07, 6.45) is 11.3. The van der Waals surface area contributed by atoms with Crippen molar-refractivity contribution < 1.29 is 13.2 Å². The van der Waals surface area contributed by atoms with E-state index in [1.54, 1.807) is 6.08 Å².